The van der Waals surface area contributed by atoms with Gasteiger partial charge in [-0.2, -0.15) is 5.10 Å². The Labute approximate surface area is 128 Å². The van der Waals surface area contributed by atoms with E-state index in [2.05, 4.69) is 15.5 Å². The number of rotatable bonds is 5. The predicted octanol–water partition coefficient (Wildman–Crippen LogP) is 1.28. The van der Waals surface area contributed by atoms with Gasteiger partial charge in [0.2, 0.25) is 5.91 Å². The second kappa shape index (κ2) is 7.33. The molecular formula is C16H17N3O3. The molecule has 0 saturated heterocycles. The summed E-state index contributed by atoms with van der Waals surface area (Å²) in [5.41, 5.74) is 4.48. The second-order valence-corrected chi connectivity index (χ2v) is 4.74. The van der Waals surface area contributed by atoms with Crippen LogP contribution in [-0.2, 0) is 17.8 Å². The monoisotopic (exact) mass is 299 g/mol. The molecule has 6 heteroatoms. The van der Waals surface area contributed by atoms with E-state index in [0.29, 0.717) is 16.8 Å². The Morgan fingerprint density at radius 3 is 2.77 bits per heavy atom. The molecule has 6 nitrogen and oxygen atoms in total. The maximum absolute atomic E-state index is 11.8. The highest BCUT2D eigenvalue weighted by Gasteiger charge is 2.09. The number of hydrogen-bond donors (Lipinski definition) is 3. The lowest BCUT2D eigenvalue weighted by molar-refractivity contribution is -0.120. The van der Waals surface area contributed by atoms with Crippen LogP contribution in [-0.4, -0.2) is 27.3 Å². The lowest BCUT2D eigenvalue weighted by atomic mass is 10.1. The zero-order valence-electron chi connectivity index (χ0n) is 12.2. The van der Waals surface area contributed by atoms with Gasteiger partial charge in [-0.3, -0.25) is 9.78 Å². The Morgan fingerprint density at radius 1 is 1.36 bits per heavy atom. The zero-order chi connectivity index (χ0) is 15.9. The molecule has 3 N–H and O–H groups in total. The summed E-state index contributed by atoms with van der Waals surface area (Å²) in [6.07, 6.45) is 2.98. The third-order valence-electron chi connectivity index (χ3n) is 3.12. The first-order valence-electron chi connectivity index (χ1n) is 6.76. The molecule has 1 aromatic carbocycles. The molecule has 0 aliphatic rings. The van der Waals surface area contributed by atoms with Crippen LogP contribution in [0.5, 0.6) is 5.75 Å². The summed E-state index contributed by atoms with van der Waals surface area (Å²) < 4.78 is 0. The van der Waals surface area contributed by atoms with E-state index in [-0.39, 0.29) is 24.7 Å². The number of nitrogens with zero attached hydrogens (tertiary/aromatic N) is 2. The summed E-state index contributed by atoms with van der Waals surface area (Å²) >= 11 is 0. The van der Waals surface area contributed by atoms with Gasteiger partial charge in [0.15, 0.2) is 0 Å². The number of aromatic hydroxyl groups is 1. The van der Waals surface area contributed by atoms with Crippen molar-refractivity contribution in [2.75, 3.05) is 0 Å². The van der Waals surface area contributed by atoms with E-state index in [1.807, 2.05) is 30.3 Å². The molecule has 114 valence electrons. The average Bonchev–Trinajstić information content (AvgIpc) is 2.52. The number of benzene rings is 1. The minimum atomic E-state index is -0.278. The molecule has 2 rings (SSSR count). The molecule has 0 spiro atoms. The van der Waals surface area contributed by atoms with E-state index in [9.17, 15) is 15.0 Å². The number of carbonyl (C=O) groups is 1. The van der Waals surface area contributed by atoms with Crippen LogP contribution in [0.25, 0.3) is 0 Å². The van der Waals surface area contributed by atoms with Gasteiger partial charge in [-0.1, -0.05) is 30.3 Å². The number of aliphatic hydroxyl groups excluding tert-OH is 1. The Hall–Kier alpha value is -2.73. The van der Waals surface area contributed by atoms with Gasteiger partial charge < -0.3 is 10.2 Å². The summed E-state index contributed by atoms with van der Waals surface area (Å²) in [7, 11) is 0. The fraction of sp³-hybridized carbons (Fsp3) is 0.188. The molecule has 0 atom stereocenters. The summed E-state index contributed by atoms with van der Waals surface area (Å²) in [5, 5.41) is 23.0. The van der Waals surface area contributed by atoms with Crippen molar-refractivity contribution >= 4 is 12.1 Å². The van der Waals surface area contributed by atoms with Crippen LogP contribution < -0.4 is 5.43 Å². The number of aromatic nitrogens is 1. The van der Waals surface area contributed by atoms with Crippen molar-refractivity contribution in [2.45, 2.75) is 20.0 Å². The first-order chi connectivity index (χ1) is 10.6. The molecule has 0 fully saturated rings. The first kappa shape index (κ1) is 15.7. The number of amides is 1. The van der Waals surface area contributed by atoms with Crippen LogP contribution in [0.15, 0.2) is 41.6 Å². The minimum absolute atomic E-state index is 0.0624. The van der Waals surface area contributed by atoms with E-state index in [4.69, 9.17) is 0 Å². The fourth-order valence-corrected chi connectivity index (χ4v) is 1.91. The molecule has 0 radical (unpaired) electrons. The number of hydrazone groups is 1. The van der Waals surface area contributed by atoms with Gasteiger partial charge in [0.25, 0.3) is 0 Å². The highest BCUT2D eigenvalue weighted by Crippen LogP contribution is 2.21. The molecule has 0 saturated carbocycles. The molecule has 0 aliphatic carbocycles. The summed E-state index contributed by atoms with van der Waals surface area (Å²) in [6, 6.07) is 9.30. The lowest BCUT2D eigenvalue weighted by Gasteiger charge is -2.07. The topological polar surface area (TPSA) is 94.8 Å². The van der Waals surface area contributed by atoms with Crippen molar-refractivity contribution in [1.82, 2.24) is 10.4 Å². The van der Waals surface area contributed by atoms with Crippen molar-refractivity contribution < 1.29 is 15.0 Å². The van der Waals surface area contributed by atoms with E-state index < -0.39 is 0 Å². The molecule has 22 heavy (non-hydrogen) atoms. The van der Waals surface area contributed by atoms with Crippen molar-refractivity contribution in [1.29, 1.82) is 0 Å². The Bertz CT molecular complexity index is 685. The van der Waals surface area contributed by atoms with Crippen LogP contribution in [0.2, 0.25) is 0 Å². The smallest absolute Gasteiger partial charge is 0.244 e. The molecule has 1 amide bonds. The van der Waals surface area contributed by atoms with Crippen LogP contribution in [0.1, 0.15) is 22.4 Å². The second-order valence-electron chi connectivity index (χ2n) is 4.74. The number of carbonyl (C=O) groups excluding carboxylic acids is 1. The molecule has 0 unspecified atom stereocenters. The van der Waals surface area contributed by atoms with E-state index >= 15 is 0 Å². The normalized spacial score (nSPS) is 10.8. The van der Waals surface area contributed by atoms with Gasteiger partial charge >= 0.3 is 0 Å². The van der Waals surface area contributed by atoms with Crippen molar-refractivity contribution in [3.05, 3.63) is 58.9 Å². The standard InChI is InChI=1S/C16H17N3O3/c1-11-16(22)14(13(10-20)8-17-11)9-18-19-15(21)7-12-5-3-2-4-6-12/h2-6,8-9,20,22H,7,10H2,1H3,(H,19,21). The molecule has 0 bridgehead atoms. The minimum Gasteiger partial charge on any atom is -0.505 e. The Balaban J connectivity index is 2.04. The fourth-order valence-electron chi connectivity index (χ4n) is 1.91. The van der Waals surface area contributed by atoms with Gasteiger partial charge in [0.05, 0.1) is 24.9 Å². The summed E-state index contributed by atoms with van der Waals surface area (Å²) in [4.78, 5) is 15.7. The van der Waals surface area contributed by atoms with Gasteiger partial charge in [0.1, 0.15) is 5.75 Å². The predicted molar refractivity (Wildman–Crippen MR) is 82.4 cm³/mol. The number of pyridine rings is 1. The number of hydrogen-bond acceptors (Lipinski definition) is 5. The molecule has 2 aromatic rings. The van der Waals surface area contributed by atoms with Crippen LogP contribution in [0, 0.1) is 6.92 Å². The Kier molecular flexibility index (Phi) is 5.21. The molecule has 1 aromatic heterocycles. The van der Waals surface area contributed by atoms with Crippen molar-refractivity contribution in [3.63, 3.8) is 0 Å². The first-order valence-corrected chi connectivity index (χ1v) is 6.76. The number of aliphatic hydroxyl groups is 1. The quantitative estimate of drug-likeness (QED) is 0.572. The summed E-state index contributed by atoms with van der Waals surface area (Å²) in [5.74, 6) is -0.328. The third kappa shape index (κ3) is 3.89. The lowest BCUT2D eigenvalue weighted by Crippen LogP contribution is -2.19. The maximum Gasteiger partial charge on any atom is 0.244 e. The van der Waals surface area contributed by atoms with E-state index in [1.54, 1.807) is 6.92 Å². The molecule has 0 aliphatic heterocycles. The molecular weight excluding hydrogens is 282 g/mol. The maximum atomic E-state index is 11.8. The van der Waals surface area contributed by atoms with E-state index in [0.717, 1.165) is 5.56 Å². The van der Waals surface area contributed by atoms with Crippen LogP contribution in [0.4, 0.5) is 0 Å². The average molecular weight is 299 g/mol. The molecule has 1 heterocycles. The largest absolute Gasteiger partial charge is 0.505 e. The van der Waals surface area contributed by atoms with E-state index in [1.165, 1.54) is 12.4 Å². The van der Waals surface area contributed by atoms with Crippen molar-refractivity contribution in [3.8, 4) is 5.75 Å². The SMILES string of the molecule is Cc1ncc(CO)c(C=NNC(=O)Cc2ccccc2)c1O. The van der Waals surface area contributed by atoms with Gasteiger partial charge in [-0.25, -0.2) is 5.43 Å². The Morgan fingerprint density at radius 2 is 2.09 bits per heavy atom. The van der Waals surface area contributed by atoms with Gasteiger partial charge in [-0.15, -0.1) is 0 Å². The van der Waals surface area contributed by atoms with Gasteiger partial charge in [-0.05, 0) is 12.5 Å². The highest BCUT2D eigenvalue weighted by atomic mass is 16.3. The zero-order valence-corrected chi connectivity index (χ0v) is 12.2. The van der Waals surface area contributed by atoms with Crippen LogP contribution >= 0.6 is 0 Å². The summed E-state index contributed by atoms with van der Waals surface area (Å²) in [6.45, 7) is 1.36. The van der Waals surface area contributed by atoms with Gasteiger partial charge in [0, 0.05) is 17.3 Å². The number of nitrogens with one attached hydrogen (secondary N) is 1. The van der Waals surface area contributed by atoms with Crippen LogP contribution in [0.3, 0.4) is 0 Å². The highest BCUT2D eigenvalue weighted by molar-refractivity contribution is 5.87. The third-order valence-corrected chi connectivity index (χ3v) is 3.12. The van der Waals surface area contributed by atoms with Crippen molar-refractivity contribution in [2.24, 2.45) is 5.10 Å². The number of aryl methyl sites for hydroxylation is 1.